The van der Waals surface area contributed by atoms with E-state index in [2.05, 4.69) is 19.9 Å². The second kappa shape index (κ2) is 7.85. The maximum absolute atomic E-state index is 10.4. The van der Waals surface area contributed by atoms with E-state index in [4.69, 9.17) is 4.74 Å². The number of hydrogen-bond acceptors (Lipinski definition) is 4. The van der Waals surface area contributed by atoms with Crippen LogP contribution in [0.5, 0.6) is 23.0 Å². The van der Waals surface area contributed by atoms with Crippen molar-refractivity contribution in [2.75, 3.05) is 0 Å². The second-order valence-electron chi connectivity index (χ2n) is 7.60. The van der Waals surface area contributed by atoms with E-state index in [0.29, 0.717) is 16.9 Å². The number of phenolic OH excluding ortho intramolecular Hbond substituents is 3. The minimum absolute atomic E-state index is 0.00802. The lowest BCUT2D eigenvalue weighted by Crippen LogP contribution is -2.31. The topological polar surface area (TPSA) is 69.9 Å². The predicted molar refractivity (Wildman–Crippen MR) is 114 cm³/mol. The summed E-state index contributed by atoms with van der Waals surface area (Å²) < 4.78 is 6.22. The van der Waals surface area contributed by atoms with E-state index in [0.717, 1.165) is 18.4 Å². The van der Waals surface area contributed by atoms with Gasteiger partial charge >= 0.3 is 0 Å². The standard InChI is InChI=1S/C24H26O4/c1-16(2)5-4-11-24(3)12-10-20-22(27)13-17(14-23(20)28-24)6-7-18-8-9-19(25)15-21(18)26/h5-10,12-15,25-27H,4,11H2,1-3H3/b7-6+. The molecule has 0 bridgehead atoms. The molecule has 0 fully saturated rings. The van der Waals surface area contributed by atoms with Gasteiger partial charge in [0.15, 0.2) is 0 Å². The fraction of sp³-hybridized carbons (Fsp3) is 0.250. The van der Waals surface area contributed by atoms with Crippen molar-refractivity contribution in [2.45, 2.75) is 39.2 Å². The average molecular weight is 378 g/mol. The van der Waals surface area contributed by atoms with Crippen molar-refractivity contribution in [3.63, 3.8) is 0 Å². The SMILES string of the molecule is CC(C)=CCCC1(C)C=Cc2c(O)cc(/C=C/c3ccc(O)cc3O)cc2O1. The van der Waals surface area contributed by atoms with Crippen molar-refractivity contribution >= 4 is 18.2 Å². The molecule has 146 valence electrons. The van der Waals surface area contributed by atoms with Crippen molar-refractivity contribution in [2.24, 2.45) is 0 Å². The molecule has 0 radical (unpaired) electrons. The van der Waals surface area contributed by atoms with Gasteiger partial charge in [-0.1, -0.05) is 23.8 Å². The summed E-state index contributed by atoms with van der Waals surface area (Å²) in [5, 5.41) is 29.7. The summed E-state index contributed by atoms with van der Waals surface area (Å²) in [6, 6.07) is 7.96. The van der Waals surface area contributed by atoms with Gasteiger partial charge in [-0.05, 0) is 75.6 Å². The van der Waals surface area contributed by atoms with Crippen LogP contribution in [0.4, 0.5) is 0 Å². The van der Waals surface area contributed by atoms with Crippen molar-refractivity contribution in [3.05, 3.63) is 64.7 Å². The first kappa shape index (κ1) is 19.6. The molecule has 4 nitrogen and oxygen atoms in total. The molecule has 0 aromatic heterocycles. The molecule has 1 atom stereocenters. The fourth-order valence-corrected chi connectivity index (χ4v) is 3.17. The van der Waals surface area contributed by atoms with Crippen molar-refractivity contribution in [1.29, 1.82) is 0 Å². The third-order valence-electron chi connectivity index (χ3n) is 4.75. The van der Waals surface area contributed by atoms with E-state index in [9.17, 15) is 15.3 Å². The number of allylic oxidation sites excluding steroid dienone is 2. The first-order valence-corrected chi connectivity index (χ1v) is 9.34. The van der Waals surface area contributed by atoms with Crippen LogP contribution in [0.25, 0.3) is 18.2 Å². The van der Waals surface area contributed by atoms with Gasteiger partial charge in [0.05, 0.1) is 5.56 Å². The zero-order chi connectivity index (χ0) is 20.3. The lowest BCUT2D eigenvalue weighted by molar-refractivity contribution is 0.128. The summed E-state index contributed by atoms with van der Waals surface area (Å²) in [4.78, 5) is 0. The third-order valence-corrected chi connectivity index (χ3v) is 4.75. The third kappa shape index (κ3) is 4.58. The molecular weight excluding hydrogens is 352 g/mol. The van der Waals surface area contributed by atoms with E-state index < -0.39 is 5.60 Å². The summed E-state index contributed by atoms with van der Waals surface area (Å²) in [6.07, 6.45) is 11.4. The van der Waals surface area contributed by atoms with E-state index in [1.165, 1.54) is 17.7 Å². The second-order valence-corrected chi connectivity index (χ2v) is 7.60. The molecule has 0 saturated carbocycles. The highest BCUT2D eigenvalue weighted by molar-refractivity contribution is 5.77. The number of aromatic hydroxyl groups is 3. The molecule has 4 heteroatoms. The quantitative estimate of drug-likeness (QED) is 0.448. The number of phenols is 3. The van der Waals surface area contributed by atoms with Gasteiger partial charge in [-0.2, -0.15) is 0 Å². The zero-order valence-corrected chi connectivity index (χ0v) is 16.4. The molecule has 0 amide bonds. The Morgan fingerprint density at radius 3 is 2.54 bits per heavy atom. The van der Waals surface area contributed by atoms with Gasteiger partial charge in [0.1, 0.15) is 28.6 Å². The van der Waals surface area contributed by atoms with Crippen LogP contribution in [0, 0.1) is 0 Å². The van der Waals surface area contributed by atoms with Gasteiger partial charge in [-0.15, -0.1) is 0 Å². The summed E-state index contributed by atoms with van der Waals surface area (Å²) in [7, 11) is 0. The molecule has 0 saturated heterocycles. The molecule has 28 heavy (non-hydrogen) atoms. The van der Waals surface area contributed by atoms with E-state index in [-0.39, 0.29) is 17.2 Å². The highest BCUT2D eigenvalue weighted by atomic mass is 16.5. The van der Waals surface area contributed by atoms with E-state index in [1.54, 1.807) is 24.3 Å². The Morgan fingerprint density at radius 1 is 1.04 bits per heavy atom. The molecule has 2 aromatic rings. The number of fused-ring (bicyclic) bond motifs is 1. The summed E-state index contributed by atoms with van der Waals surface area (Å²) in [5.41, 5.74) is 2.85. The first-order valence-electron chi connectivity index (χ1n) is 9.34. The maximum atomic E-state index is 10.4. The first-order chi connectivity index (χ1) is 13.3. The van der Waals surface area contributed by atoms with E-state index >= 15 is 0 Å². The normalized spacial score (nSPS) is 18.0. The van der Waals surface area contributed by atoms with Gasteiger partial charge in [-0.25, -0.2) is 0 Å². The van der Waals surface area contributed by atoms with Crippen LogP contribution >= 0.6 is 0 Å². The predicted octanol–water partition coefficient (Wildman–Crippen LogP) is 5.88. The van der Waals surface area contributed by atoms with Crippen molar-refractivity contribution < 1.29 is 20.1 Å². The van der Waals surface area contributed by atoms with E-state index in [1.807, 2.05) is 25.1 Å². The Kier molecular flexibility index (Phi) is 5.50. The van der Waals surface area contributed by atoms with Crippen molar-refractivity contribution in [1.82, 2.24) is 0 Å². The van der Waals surface area contributed by atoms with Gasteiger partial charge in [-0.3, -0.25) is 0 Å². The van der Waals surface area contributed by atoms with Crippen LogP contribution in [0.1, 0.15) is 50.3 Å². The summed E-state index contributed by atoms with van der Waals surface area (Å²) in [6.45, 7) is 6.20. The molecule has 2 aromatic carbocycles. The molecule has 1 unspecified atom stereocenters. The van der Waals surface area contributed by atoms with Gasteiger partial charge in [0.25, 0.3) is 0 Å². The molecule has 0 aliphatic carbocycles. The van der Waals surface area contributed by atoms with Gasteiger partial charge in [0, 0.05) is 11.6 Å². The molecule has 1 aliphatic rings. The lowest BCUT2D eigenvalue weighted by atomic mass is 9.94. The Morgan fingerprint density at radius 2 is 1.82 bits per heavy atom. The minimum Gasteiger partial charge on any atom is -0.508 e. The largest absolute Gasteiger partial charge is 0.508 e. The maximum Gasteiger partial charge on any atom is 0.132 e. The Bertz CT molecular complexity index is 965. The Balaban J connectivity index is 1.84. The zero-order valence-electron chi connectivity index (χ0n) is 16.4. The van der Waals surface area contributed by atoms with Crippen LogP contribution < -0.4 is 4.74 Å². The Hall–Kier alpha value is -3.14. The Labute approximate surface area is 165 Å². The molecule has 1 aliphatic heterocycles. The monoisotopic (exact) mass is 378 g/mol. The summed E-state index contributed by atoms with van der Waals surface area (Å²) >= 11 is 0. The molecule has 3 N–H and O–H groups in total. The summed E-state index contributed by atoms with van der Waals surface area (Å²) in [5.74, 6) is 0.782. The lowest BCUT2D eigenvalue weighted by Gasteiger charge is -2.32. The molecule has 0 spiro atoms. The van der Waals surface area contributed by atoms with Gasteiger partial charge < -0.3 is 20.1 Å². The minimum atomic E-state index is -0.428. The molecule has 3 rings (SSSR count). The van der Waals surface area contributed by atoms with Crippen LogP contribution in [-0.4, -0.2) is 20.9 Å². The number of hydrogen-bond donors (Lipinski definition) is 3. The highest BCUT2D eigenvalue weighted by Crippen LogP contribution is 2.39. The number of ether oxygens (including phenoxy) is 1. The van der Waals surface area contributed by atoms with Crippen molar-refractivity contribution in [3.8, 4) is 23.0 Å². The van der Waals surface area contributed by atoms with Crippen LogP contribution in [0.3, 0.4) is 0 Å². The number of rotatable bonds is 5. The van der Waals surface area contributed by atoms with Gasteiger partial charge in [0.2, 0.25) is 0 Å². The number of benzene rings is 2. The van der Waals surface area contributed by atoms with Crippen LogP contribution in [-0.2, 0) is 0 Å². The smallest absolute Gasteiger partial charge is 0.132 e. The molecular formula is C24H26O4. The van der Waals surface area contributed by atoms with Crippen LogP contribution in [0.2, 0.25) is 0 Å². The van der Waals surface area contributed by atoms with Crippen LogP contribution in [0.15, 0.2) is 48.1 Å². The molecule has 1 heterocycles. The fourth-order valence-electron chi connectivity index (χ4n) is 3.17. The highest BCUT2D eigenvalue weighted by Gasteiger charge is 2.28. The average Bonchev–Trinajstić information content (AvgIpc) is 2.60.